The van der Waals surface area contributed by atoms with Crippen LogP contribution in [0, 0.1) is 17.8 Å². The summed E-state index contributed by atoms with van der Waals surface area (Å²) in [6.07, 6.45) is 6.83. The molecule has 1 amide bonds. The molecule has 1 unspecified atom stereocenters. The Labute approximate surface area is 108 Å². The lowest BCUT2D eigenvalue weighted by molar-refractivity contribution is -0.141. The molecule has 4 heteroatoms. The average Bonchev–Trinajstić information content (AvgIpc) is 3.00. The topological polar surface area (TPSA) is 66.4 Å². The SMILES string of the molecule is CC(CCC1CC1)NC(=O)[C@@H]1CC[C@H](C(=O)O)C1. The Morgan fingerprint density at radius 2 is 1.89 bits per heavy atom. The maximum atomic E-state index is 12.0. The van der Waals surface area contributed by atoms with Gasteiger partial charge in [0, 0.05) is 12.0 Å². The van der Waals surface area contributed by atoms with Crippen LogP contribution in [0.2, 0.25) is 0 Å². The van der Waals surface area contributed by atoms with Crippen molar-refractivity contribution in [2.24, 2.45) is 17.8 Å². The molecule has 0 spiro atoms. The molecule has 2 aliphatic carbocycles. The molecule has 0 aromatic rings. The third-order valence-electron chi connectivity index (χ3n) is 4.25. The zero-order valence-corrected chi connectivity index (χ0v) is 11.0. The second-order valence-electron chi connectivity index (χ2n) is 5.98. The van der Waals surface area contributed by atoms with Gasteiger partial charge in [0.2, 0.25) is 5.91 Å². The highest BCUT2D eigenvalue weighted by molar-refractivity contribution is 5.81. The molecule has 4 nitrogen and oxygen atoms in total. The molecular weight excluding hydrogens is 230 g/mol. The quantitative estimate of drug-likeness (QED) is 0.762. The summed E-state index contributed by atoms with van der Waals surface area (Å²) in [4.78, 5) is 22.8. The van der Waals surface area contributed by atoms with Crippen molar-refractivity contribution in [1.82, 2.24) is 5.32 Å². The summed E-state index contributed by atoms with van der Waals surface area (Å²) in [5, 5.41) is 11.9. The highest BCUT2D eigenvalue weighted by Gasteiger charge is 2.34. The van der Waals surface area contributed by atoms with Crippen molar-refractivity contribution >= 4 is 11.9 Å². The van der Waals surface area contributed by atoms with Gasteiger partial charge in [-0.2, -0.15) is 0 Å². The van der Waals surface area contributed by atoms with Crippen molar-refractivity contribution in [3.8, 4) is 0 Å². The second kappa shape index (κ2) is 5.72. The molecule has 0 saturated heterocycles. The van der Waals surface area contributed by atoms with Crippen molar-refractivity contribution in [2.45, 2.75) is 57.9 Å². The fraction of sp³-hybridized carbons (Fsp3) is 0.857. The molecular formula is C14H23NO3. The Kier molecular flexibility index (Phi) is 4.25. The summed E-state index contributed by atoms with van der Waals surface area (Å²) < 4.78 is 0. The van der Waals surface area contributed by atoms with Gasteiger partial charge in [-0.1, -0.05) is 12.8 Å². The summed E-state index contributed by atoms with van der Waals surface area (Å²) in [7, 11) is 0. The van der Waals surface area contributed by atoms with E-state index in [2.05, 4.69) is 5.32 Å². The lowest BCUT2D eigenvalue weighted by atomic mass is 10.0. The van der Waals surface area contributed by atoms with Crippen molar-refractivity contribution < 1.29 is 14.7 Å². The molecule has 0 radical (unpaired) electrons. The van der Waals surface area contributed by atoms with Crippen LogP contribution in [0.15, 0.2) is 0 Å². The van der Waals surface area contributed by atoms with Gasteiger partial charge < -0.3 is 10.4 Å². The molecule has 0 aromatic heterocycles. The molecule has 18 heavy (non-hydrogen) atoms. The minimum atomic E-state index is -0.757. The van der Waals surface area contributed by atoms with Gasteiger partial charge in [-0.3, -0.25) is 9.59 Å². The van der Waals surface area contributed by atoms with E-state index in [0.29, 0.717) is 12.8 Å². The number of carboxylic acid groups (broad SMARTS) is 1. The number of rotatable bonds is 6. The normalized spacial score (nSPS) is 28.9. The van der Waals surface area contributed by atoms with Crippen LogP contribution in [-0.4, -0.2) is 23.0 Å². The van der Waals surface area contributed by atoms with Gasteiger partial charge in [-0.25, -0.2) is 0 Å². The van der Waals surface area contributed by atoms with Crippen LogP contribution < -0.4 is 5.32 Å². The van der Waals surface area contributed by atoms with Crippen LogP contribution in [0.3, 0.4) is 0 Å². The fourth-order valence-electron chi connectivity index (χ4n) is 2.77. The lowest BCUT2D eigenvalue weighted by Crippen LogP contribution is -2.36. The van der Waals surface area contributed by atoms with E-state index in [0.717, 1.165) is 18.8 Å². The molecule has 102 valence electrons. The Balaban J connectivity index is 1.68. The van der Waals surface area contributed by atoms with Crippen LogP contribution >= 0.6 is 0 Å². The molecule has 2 N–H and O–H groups in total. The number of hydrogen-bond donors (Lipinski definition) is 2. The summed E-state index contributed by atoms with van der Waals surface area (Å²) >= 11 is 0. The maximum absolute atomic E-state index is 12.0. The van der Waals surface area contributed by atoms with Crippen LogP contribution in [0.5, 0.6) is 0 Å². The second-order valence-corrected chi connectivity index (χ2v) is 5.98. The van der Waals surface area contributed by atoms with Crippen molar-refractivity contribution in [3.05, 3.63) is 0 Å². The molecule has 2 aliphatic rings. The van der Waals surface area contributed by atoms with Crippen LogP contribution in [-0.2, 0) is 9.59 Å². The molecule has 0 heterocycles. The van der Waals surface area contributed by atoms with E-state index in [-0.39, 0.29) is 23.8 Å². The van der Waals surface area contributed by atoms with Crippen LogP contribution in [0.25, 0.3) is 0 Å². The van der Waals surface area contributed by atoms with Crippen LogP contribution in [0.4, 0.5) is 0 Å². The molecule has 2 rings (SSSR count). The molecule has 0 bridgehead atoms. The van der Waals surface area contributed by atoms with Crippen LogP contribution in [0.1, 0.15) is 51.9 Å². The molecule has 2 fully saturated rings. The summed E-state index contributed by atoms with van der Waals surface area (Å²) in [5.41, 5.74) is 0. The largest absolute Gasteiger partial charge is 0.481 e. The van der Waals surface area contributed by atoms with E-state index in [4.69, 9.17) is 5.11 Å². The Hall–Kier alpha value is -1.06. The van der Waals surface area contributed by atoms with Gasteiger partial charge in [0.25, 0.3) is 0 Å². The summed E-state index contributed by atoms with van der Waals surface area (Å²) in [6.45, 7) is 2.05. The number of nitrogens with one attached hydrogen (secondary N) is 1. The molecule has 0 aliphatic heterocycles. The minimum Gasteiger partial charge on any atom is -0.481 e. The van der Waals surface area contributed by atoms with Gasteiger partial charge in [0.1, 0.15) is 0 Å². The number of carbonyl (C=O) groups is 2. The molecule has 3 atom stereocenters. The first-order chi connectivity index (χ1) is 8.56. The number of aliphatic carboxylic acids is 1. The number of carboxylic acids is 1. The van der Waals surface area contributed by atoms with Gasteiger partial charge in [-0.15, -0.1) is 0 Å². The van der Waals surface area contributed by atoms with E-state index in [1.807, 2.05) is 6.92 Å². The first-order valence-electron chi connectivity index (χ1n) is 7.09. The zero-order valence-electron chi connectivity index (χ0n) is 11.0. The average molecular weight is 253 g/mol. The first kappa shape index (κ1) is 13.4. The third kappa shape index (κ3) is 3.72. The predicted octanol–water partition coefficient (Wildman–Crippen LogP) is 2.18. The highest BCUT2D eigenvalue weighted by atomic mass is 16.4. The van der Waals surface area contributed by atoms with E-state index < -0.39 is 5.97 Å². The van der Waals surface area contributed by atoms with E-state index in [1.54, 1.807) is 0 Å². The Morgan fingerprint density at radius 3 is 2.44 bits per heavy atom. The van der Waals surface area contributed by atoms with Gasteiger partial charge in [-0.05, 0) is 44.9 Å². The number of carbonyl (C=O) groups excluding carboxylic acids is 1. The zero-order chi connectivity index (χ0) is 13.1. The van der Waals surface area contributed by atoms with Crippen molar-refractivity contribution in [2.75, 3.05) is 0 Å². The summed E-state index contributed by atoms with van der Waals surface area (Å²) in [5.74, 6) is -0.210. The monoisotopic (exact) mass is 253 g/mol. The first-order valence-corrected chi connectivity index (χ1v) is 7.09. The Bertz CT molecular complexity index is 325. The third-order valence-corrected chi connectivity index (χ3v) is 4.25. The van der Waals surface area contributed by atoms with E-state index in [1.165, 1.54) is 19.3 Å². The predicted molar refractivity (Wildman–Crippen MR) is 68.0 cm³/mol. The van der Waals surface area contributed by atoms with E-state index >= 15 is 0 Å². The minimum absolute atomic E-state index is 0.0575. The lowest BCUT2D eigenvalue weighted by Gasteiger charge is -2.17. The number of hydrogen-bond acceptors (Lipinski definition) is 2. The highest BCUT2D eigenvalue weighted by Crippen LogP contribution is 2.34. The smallest absolute Gasteiger partial charge is 0.306 e. The number of amides is 1. The summed E-state index contributed by atoms with van der Waals surface area (Å²) in [6, 6.07) is 0.224. The maximum Gasteiger partial charge on any atom is 0.306 e. The molecule has 0 aromatic carbocycles. The van der Waals surface area contributed by atoms with Crippen molar-refractivity contribution in [1.29, 1.82) is 0 Å². The Morgan fingerprint density at radius 1 is 1.22 bits per heavy atom. The fourth-order valence-corrected chi connectivity index (χ4v) is 2.77. The molecule has 2 saturated carbocycles. The standard InChI is InChI=1S/C14H23NO3/c1-9(2-3-10-4-5-10)15-13(16)11-6-7-12(8-11)14(17)18/h9-12H,2-8H2,1H3,(H,15,16)(H,17,18)/t9?,11-,12+/m1/s1. The van der Waals surface area contributed by atoms with Gasteiger partial charge in [0.15, 0.2) is 0 Å². The van der Waals surface area contributed by atoms with E-state index in [9.17, 15) is 9.59 Å². The van der Waals surface area contributed by atoms with Crippen molar-refractivity contribution in [3.63, 3.8) is 0 Å². The van der Waals surface area contributed by atoms with Gasteiger partial charge in [0.05, 0.1) is 5.92 Å². The van der Waals surface area contributed by atoms with Gasteiger partial charge >= 0.3 is 5.97 Å².